The fourth-order valence-electron chi connectivity index (χ4n) is 2.39. The first kappa shape index (κ1) is 18.2. The van der Waals surface area contributed by atoms with Gasteiger partial charge in [-0.2, -0.15) is 0 Å². The van der Waals surface area contributed by atoms with Gasteiger partial charge in [0, 0.05) is 16.6 Å². The monoisotopic (exact) mass is 433 g/mol. The van der Waals surface area contributed by atoms with Crippen LogP contribution >= 0.6 is 39.9 Å². The van der Waals surface area contributed by atoms with E-state index in [-0.39, 0.29) is 5.91 Å². The average molecular weight is 434 g/mol. The van der Waals surface area contributed by atoms with Crippen molar-refractivity contribution in [3.63, 3.8) is 0 Å². The molecular weight excluding hydrogens is 418 g/mol. The summed E-state index contributed by atoms with van der Waals surface area (Å²) in [5, 5.41) is 0. The summed E-state index contributed by atoms with van der Waals surface area (Å²) < 4.78 is 7.60. The fraction of sp³-hybridized carbons (Fsp3) is 0.158. The number of halogens is 1. The smallest absolute Gasteiger partial charge is 0.266 e. The van der Waals surface area contributed by atoms with Crippen LogP contribution in [-0.2, 0) is 11.4 Å². The number of carbonyl (C=O) groups excluding carboxylic acids is 1. The lowest BCUT2D eigenvalue weighted by Crippen LogP contribution is -2.27. The molecule has 1 aliphatic rings. The first-order chi connectivity index (χ1) is 12.1. The van der Waals surface area contributed by atoms with Crippen molar-refractivity contribution < 1.29 is 9.53 Å². The number of rotatable bonds is 5. The molecule has 0 radical (unpaired) electrons. The Morgan fingerprint density at radius 2 is 1.92 bits per heavy atom. The van der Waals surface area contributed by atoms with Gasteiger partial charge in [-0.05, 0) is 36.8 Å². The Morgan fingerprint density at radius 1 is 1.20 bits per heavy atom. The number of para-hydroxylation sites is 1. The highest BCUT2D eigenvalue weighted by Crippen LogP contribution is 2.34. The highest BCUT2D eigenvalue weighted by Gasteiger charge is 2.30. The van der Waals surface area contributed by atoms with Gasteiger partial charge in [-0.1, -0.05) is 70.2 Å². The Morgan fingerprint density at radius 3 is 2.60 bits per heavy atom. The fourth-order valence-corrected chi connectivity index (χ4v) is 4.03. The van der Waals surface area contributed by atoms with Gasteiger partial charge in [-0.15, -0.1) is 0 Å². The number of hydrogen-bond acceptors (Lipinski definition) is 4. The summed E-state index contributed by atoms with van der Waals surface area (Å²) in [6, 6.07) is 15.7. The Balaban J connectivity index is 1.79. The zero-order valence-electron chi connectivity index (χ0n) is 13.6. The highest BCUT2D eigenvalue weighted by molar-refractivity contribution is 9.10. The quantitative estimate of drug-likeness (QED) is 0.475. The number of carbonyl (C=O) groups is 1. The zero-order valence-corrected chi connectivity index (χ0v) is 16.8. The van der Waals surface area contributed by atoms with Crippen LogP contribution in [0.15, 0.2) is 57.9 Å². The van der Waals surface area contributed by atoms with E-state index in [1.807, 2.05) is 61.5 Å². The second kappa shape index (κ2) is 8.17. The van der Waals surface area contributed by atoms with Gasteiger partial charge in [0.1, 0.15) is 16.7 Å². The molecule has 128 valence electrons. The minimum atomic E-state index is -0.0415. The molecule has 0 saturated carbocycles. The second-order valence-corrected chi connectivity index (χ2v) is 7.97. The van der Waals surface area contributed by atoms with Crippen molar-refractivity contribution in [2.24, 2.45) is 0 Å². The number of ether oxygens (including phenoxy) is 1. The lowest BCUT2D eigenvalue weighted by Gasteiger charge is -2.10. The number of thioether (sulfide) groups is 1. The molecule has 2 aromatic carbocycles. The molecule has 3 nitrogen and oxygen atoms in total. The molecule has 6 heteroatoms. The molecule has 1 aliphatic heterocycles. The van der Waals surface area contributed by atoms with Crippen molar-refractivity contribution in [1.29, 1.82) is 0 Å². The molecule has 25 heavy (non-hydrogen) atoms. The van der Waals surface area contributed by atoms with Crippen LogP contribution in [0.3, 0.4) is 0 Å². The molecule has 0 unspecified atom stereocenters. The predicted molar refractivity (Wildman–Crippen MR) is 110 cm³/mol. The number of benzene rings is 2. The Kier molecular flexibility index (Phi) is 5.93. The molecule has 0 aliphatic carbocycles. The minimum absolute atomic E-state index is 0.0415. The summed E-state index contributed by atoms with van der Waals surface area (Å²) in [4.78, 5) is 14.6. The van der Waals surface area contributed by atoms with Gasteiger partial charge in [-0.3, -0.25) is 9.69 Å². The predicted octanol–water partition coefficient (Wildman–Crippen LogP) is 5.25. The largest absolute Gasteiger partial charge is 0.488 e. The van der Waals surface area contributed by atoms with Crippen molar-refractivity contribution in [3.05, 3.63) is 69.0 Å². The van der Waals surface area contributed by atoms with Crippen LogP contribution in [0.5, 0.6) is 5.75 Å². The maximum atomic E-state index is 12.4. The van der Waals surface area contributed by atoms with E-state index in [4.69, 9.17) is 17.0 Å². The molecular formula is C19H16BrNO2S2. The van der Waals surface area contributed by atoms with Crippen LogP contribution in [-0.4, -0.2) is 21.7 Å². The van der Waals surface area contributed by atoms with Crippen LogP contribution in [0.1, 0.15) is 18.1 Å². The summed E-state index contributed by atoms with van der Waals surface area (Å²) in [6.45, 7) is 2.97. The van der Waals surface area contributed by atoms with Crippen molar-refractivity contribution >= 4 is 56.2 Å². The summed E-state index contributed by atoms with van der Waals surface area (Å²) in [5.41, 5.74) is 1.95. The van der Waals surface area contributed by atoms with E-state index in [0.717, 1.165) is 21.3 Å². The number of thiocarbonyl (C=S) groups is 1. The normalized spacial score (nSPS) is 15.9. The minimum Gasteiger partial charge on any atom is -0.488 e. The zero-order chi connectivity index (χ0) is 17.8. The van der Waals surface area contributed by atoms with E-state index in [2.05, 4.69) is 15.9 Å². The third kappa shape index (κ3) is 4.32. The molecule has 1 heterocycles. The first-order valence-electron chi connectivity index (χ1n) is 7.80. The van der Waals surface area contributed by atoms with E-state index < -0.39 is 0 Å². The van der Waals surface area contributed by atoms with E-state index in [1.54, 1.807) is 4.90 Å². The third-order valence-electron chi connectivity index (χ3n) is 3.70. The topological polar surface area (TPSA) is 29.5 Å². The molecule has 1 fully saturated rings. The third-order valence-corrected chi connectivity index (χ3v) is 5.61. The first-order valence-corrected chi connectivity index (χ1v) is 9.82. The summed E-state index contributed by atoms with van der Waals surface area (Å²) in [5.74, 6) is 0.701. The van der Waals surface area contributed by atoms with E-state index >= 15 is 0 Å². The number of likely N-dealkylation sites (N-methyl/N-ethyl adjacent to an activating group) is 1. The molecule has 0 spiro atoms. The Hall–Kier alpha value is -1.63. The second-order valence-electron chi connectivity index (χ2n) is 5.38. The SMILES string of the molecule is CCN1C(=O)/C(=C/c2ccccc2OCc2ccc(Br)cc2)SC1=S. The van der Waals surface area contributed by atoms with Crippen molar-refractivity contribution in [1.82, 2.24) is 4.90 Å². The lowest BCUT2D eigenvalue weighted by molar-refractivity contribution is -0.121. The standard InChI is InChI=1S/C19H16BrNO2S2/c1-2-21-18(22)17(25-19(21)24)11-14-5-3-4-6-16(14)23-12-13-7-9-15(20)10-8-13/h3-11H,2,12H2,1H3/b17-11-. The summed E-state index contributed by atoms with van der Waals surface area (Å²) in [7, 11) is 0. The maximum Gasteiger partial charge on any atom is 0.266 e. The lowest BCUT2D eigenvalue weighted by atomic mass is 10.1. The van der Waals surface area contributed by atoms with Crippen LogP contribution < -0.4 is 4.74 Å². The summed E-state index contributed by atoms with van der Waals surface area (Å²) >= 11 is 10.0. The average Bonchev–Trinajstić information content (AvgIpc) is 2.88. The van der Waals surface area contributed by atoms with Gasteiger partial charge < -0.3 is 4.74 Å². The Labute approximate surface area is 165 Å². The molecule has 2 aromatic rings. The van der Waals surface area contributed by atoms with E-state index in [0.29, 0.717) is 22.4 Å². The number of nitrogens with zero attached hydrogens (tertiary/aromatic N) is 1. The Bertz CT molecular complexity index is 834. The van der Waals surface area contributed by atoms with Crippen molar-refractivity contribution in [2.75, 3.05) is 6.54 Å². The molecule has 0 atom stereocenters. The van der Waals surface area contributed by atoms with Gasteiger partial charge in [0.2, 0.25) is 0 Å². The number of hydrogen-bond donors (Lipinski definition) is 0. The van der Waals surface area contributed by atoms with Crippen molar-refractivity contribution in [3.8, 4) is 5.75 Å². The summed E-state index contributed by atoms with van der Waals surface area (Å²) in [6.07, 6.45) is 1.85. The molecule has 0 bridgehead atoms. The van der Waals surface area contributed by atoms with Crippen LogP contribution in [0, 0.1) is 0 Å². The van der Waals surface area contributed by atoms with Crippen LogP contribution in [0.25, 0.3) is 6.08 Å². The van der Waals surface area contributed by atoms with E-state index in [1.165, 1.54) is 11.8 Å². The van der Waals surface area contributed by atoms with Gasteiger partial charge in [0.15, 0.2) is 0 Å². The molecule has 1 saturated heterocycles. The molecule has 3 rings (SSSR count). The molecule has 0 aromatic heterocycles. The van der Waals surface area contributed by atoms with Gasteiger partial charge in [-0.25, -0.2) is 0 Å². The highest BCUT2D eigenvalue weighted by atomic mass is 79.9. The van der Waals surface area contributed by atoms with Gasteiger partial charge in [0.25, 0.3) is 5.91 Å². The maximum absolute atomic E-state index is 12.4. The van der Waals surface area contributed by atoms with Crippen LogP contribution in [0.2, 0.25) is 0 Å². The van der Waals surface area contributed by atoms with Crippen LogP contribution in [0.4, 0.5) is 0 Å². The van der Waals surface area contributed by atoms with Gasteiger partial charge >= 0.3 is 0 Å². The number of amides is 1. The van der Waals surface area contributed by atoms with Gasteiger partial charge in [0.05, 0.1) is 4.91 Å². The van der Waals surface area contributed by atoms with Crippen molar-refractivity contribution in [2.45, 2.75) is 13.5 Å². The van der Waals surface area contributed by atoms with E-state index in [9.17, 15) is 4.79 Å². The molecule has 0 N–H and O–H groups in total. The molecule has 1 amide bonds.